The fraction of sp³-hybridized carbons (Fsp3) is 0.318. The van der Waals surface area contributed by atoms with Gasteiger partial charge in [-0.15, -0.1) is 11.3 Å². The van der Waals surface area contributed by atoms with Crippen molar-refractivity contribution in [3.8, 4) is 0 Å². The molecule has 0 bridgehead atoms. The summed E-state index contributed by atoms with van der Waals surface area (Å²) in [5.41, 5.74) is 3.88. The minimum Gasteiger partial charge on any atom is -0.365 e. The van der Waals surface area contributed by atoms with Gasteiger partial charge in [-0.2, -0.15) is 0 Å². The molecule has 144 valence electrons. The Bertz CT molecular complexity index is 961. The molecule has 1 N–H and O–H groups in total. The number of anilines is 1. The fourth-order valence-corrected chi connectivity index (χ4v) is 4.77. The number of amides is 1. The number of aromatic nitrogens is 2. The van der Waals surface area contributed by atoms with Crippen molar-refractivity contribution in [3.05, 3.63) is 76.6 Å². The van der Waals surface area contributed by atoms with Crippen molar-refractivity contribution in [2.24, 2.45) is 0 Å². The molecule has 3 heterocycles. The van der Waals surface area contributed by atoms with Crippen LogP contribution in [0, 0.1) is 6.92 Å². The summed E-state index contributed by atoms with van der Waals surface area (Å²) in [7, 11) is 1.90. The molecule has 1 amide bonds. The minimum atomic E-state index is -0.158. The van der Waals surface area contributed by atoms with Crippen LogP contribution in [-0.2, 0) is 5.41 Å². The number of hydrogen-bond acceptors (Lipinski definition) is 5. The van der Waals surface area contributed by atoms with Gasteiger partial charge in [0.15, 0.2) is 5.13 Å². The number of carbonyl (C=O) groups is 1. The summed E-state index contributed by atoms with van der Waals surface area (Å²) < 4.78 is 0. The predicted molar refractivity (Wildman–Crippen MR) is 113 cm³/mol. The summed E-state index contributed by atoms with van der Waals surface area (Å²) >= 11 is 1.63. The normalized spacial score (nSPS) is 16.0. The zero-order valence-corrected chi connectivity index (χ0v) is 17.0. The second kappa shape index (κ2) is 7.72. The van der Waals surface area contributed by atoms with Crippen LogP contribution in [0.25, 0.3) is 0 Å². The number of thiazole rings is 1. The zero-order chi connectivity index (χ0) is 19.6. The molecule has 0 saturated carbocycles. The fourth-order valence-electron chi connectivity index (χ4n) is 4.00. The number of benzene rings is 1. The van der Waals surface area contributed by atoms with E-state index in [1.54, 1.807) is 23.7 Å². The van der Waals surface area contributed by atoms with E-state index in [0.29, 0.717) is 18.7 Å². The quantitative estimate of drug-likeness (QED) is 0.726. The van der Waals surface area contributed by atoms with Crippen LogP contribution >= 0.6 is 11.3 Å². The highest BCUT2D eigenvalue weighted by Crippen LogP contribution is 2.42. The van der Waals surface area contributed by atoms with Gasteiger partial charge in [0.2, 0.25) is 0 Å². The molecule has 28 heavy (non-hydrogen) atoms. The Labute approximate surface area is 169 Å². The van der Waals surface area contributed by atoms with Crippen molar-refractivity contribution in [2.45, 2.75) is 25.2 Å². The van der Waals surface area contributed by atoms with E-state index in [1.165, 1.54) is 5.56 Å². The third-order valence-corrected chi connectivity index (χ3v) is 6.42. The Morgan fingerprint density at radius 2 is 1.93 bits per heavy atom. The van der Waals surface area contributed by atoms with E-state index in [1.807, 2.05) is 31.0 Å². The molecule has 6 heteroatoms. The van der Waals surface area contributed by atoms with Gasteiger partial charge in [-0.05, 0) is 37.0 Å². The van der Waals surface area contributed by atoms with E-state index in [-0.39, 0.29) is 11.3 Å². The van der Waals surface area contributed by atoms with Crippen LogP contribution in [0.1, 0.15) is 40.0 Å². The first-order valence-corrected chi connectivity index (χ1v) is 10.4. The highest BCUT2D eigenvalue weighted by Gasteiger charge is 2.40. The number of likely N-dealkylation sites (tertiary alicyclic amines) is 1. The smallest absolute Gasteiger partial charge is 0.255 e. The highest BCUT2D eigenvalue weighted by atomic mass is 32.1. The molecule has 0 atom stereocenters. The summed E-state index contributed by atoms with van der Waals surface area (Å²) in [5.74, 6) is 0.0621. The molecule has 4 rings (SSSR count). The molecule has 1 saturated heterocycles. The molecule has 0 aliphatic carbocycles. The van der Waals surface area contributed by atoms with E-state index in [4.69, 9.17) is 4.98 Å². The van der Waals surface area contributed by atoms with Gasteiger partial charge >= 0.3 is 0 Å². The molecule has 0 unspecified atom stereocenters. The molecule has 1 aliphatic rings. The average Bonchev–Trinajstić information content (AvgIpc) is 3.24. The standard InChI is InChI=1S/C22H24N4OS/c1-16-12-17(14-24-13-16)20(27)26-10-8-22(9-11-26,18-6-4-3-5-7-18)19-15-28-21(23-2)25-19/h3-7,12-15H,8-11H2,1-2H3,(H,23,25). The van der Waals surface area contributed by atoms with Crippen molar-refractivity contribution in [1.82, 2.24) is 14.9 Å². The van der Waals surface area contributed by atoms with Gasteiger partial charge in [0.25, 0.3) is 5.91 Å². The number of aryl methyl sites for hydroxylation is 1. The summed E-state index contributed by atoms with van der Waals surface area (Å²) in [6, 6.07) is 12.5. The van der Waals surface area contributed by atoms with Crippen LogP contribution < -0.4 is 5.32 Å². The first-order chi connectivity index (χ1) is 13.6. The maximum atomic E-state index is 12.9. The van der Waals surface area contributed by atoms with Gasteiger partial charge in [0, 0.05) is 43.3 Å². The summed E-state index contributed by atoms with van der Waals surface area (Å²) in [6.45, 7) is 3.37. The highest BCUT2D eigenvalue weighted by molar-refractivity contribution is 7.13. The topological polar surface area (TPSA) is 58.1 Å². The number of rotatable bonds is 4. The van der Waals surface area contributed by atoms with Crippen LogP contribution in [0.15, 0.2) is 54.2 Å². The van der Waals surface area contributed by atoms with Crippen LogP contribution in [0.4, 0.5) is 5.13 Å². The summed E-state index contributed by atoms with van der Waals surface area (Å²) in [4.78, 5) is 23.9. The molecule has 1 fully saturated rings. The van der Waals surface area contributed by atoms with Crippen molar-refractivity contribution in [2.75, 3.05) is 25.5 Å². The van der Waals surface area contributed by atoms with Crippen LogP contribution in [0.3, 0.4) is 0 Å². The lowest BCUT2D eigenvalue weighted by molar-refractivity contribution is 0.0683. The predicted octanol–water partition coefficient (Wildman–Crippen LogP) is 4.11. The van der Waals surface area contributed by atoms with Gasteiger partial charge in [0.1, 0.15) is 0 Å². The number of nitrogens with zero attached hydrogens (tertiary/aromatic N) is 3. The molecular weight excluding hydrogens is 368 g/mol. The molecule has 1 aromatic carbocycles. The van der Waals surface area contributed by atoms with Gasteiger partial charge in [-0.25, -0.2) is 4.98 Å². The van der Waals surface area contributed by atoms with Crippen molar-refractivity contribution in [1.29, 1.82) is 0 Å². The maximum Gasteiger partial charge on any atom is 0.255 e. The van der Waals surface area contributed by atoms with Crippen molar-refractivity contribution in [3.63, 3.8) is 0 Å². The Balaban J connectivity index is 1.61. The van der Waals surface area contributed by atoms with E-state index < -0.39 is 0 Å². The number of nitrogens with one attached hydrogen (secondary N) is 1. The Kier molecular flexibility index (Phi) is 5.13. The van der Waals surface area contributed by atoms with Crippen molar-refractivity contribution < 1.29 is 4.79 Å². The largest absolute Gasteiger partial charge is 0.365 e. The van der Waals surface area contributed by atoms with E-state index in [2.05, 4.69) is 39.9 Å². The second-order valence-corrected chi connectivity index (χ2v) is 8.14. The van der Waals surface area contributed by atoms with Crippen LogP contribution in [0.2, 0.25) is 0 Å². The van der Waals surface area contributed by atoms with Crippen molar-refractivity contribution >= 4 is 22.4 Å². The Morgan fingerprint density at radius 1 is 1.18 bits per heavy atom. The first kappa shape index (κ1) is 18.6. The third-order valence-electron chi connectivity index (χ3n) is 5.56. The summed E-state index contributed by atoms with van der Waals surface area (Å²) in [5, 5.41) is 6.22. The van der Waals surface area contributed by atoms with E-state index >= 15 is 0 Å². The molecule has 1 aliphatic heterocycles. The number of hydrogen-bond donors (Lipinski definition) is 1. The molecule has 5 nitrogen and oxygen atoms in total. The lowest BCUT2D eigenvalue weighted by atomic mass is 9.70. The third kappa shape index (κ3) is 3.40. The molecule has 3 aromatic rings. The van der Waals surface area contributed by atoms with Gasteiger partial charge in [-0.1, -0.05) is 30.3 Å². The summed E-state index contributed by atoms with van der Waals surface area (Å²) in [6.07, 6.45) is 5.15. The Morgan fingerprint density at radius 3 is 2.57 bits per heavy atom. The average molecular weight is 393 g/mol. The number of pyridine rings is 1. The second-order valence-electron chi connectivity index (χ2n) is 7.28. The van der Waals surface area contributed by atoms with E-state index in [9.17, 15) is 4.79 Å². The van der Waals surface area contributed by atoms with Crippen LogP contribution in [0.5, 0.6) is 0 Å². The molecule has 0 radical (unpaired) electrons. The molecule has 0 spiro atoms. The molecular formula is C22H24N4OS. The number of carbonyl (C=O) groups excluding carboxylic acids is 1. The van der Waals surface area contributed by atoms with Gasteiger partial charge < -0.3 is 10.2 Å². The zero-order valence-electron chi connectivity index (χ0n) is 16.2. The van der Waals surface area contributed by atoms with E-state index in [0.717, 1.165) is 29.2 Å². The maximum absolute atomic E-state index is 12.9. The molecule has 2 aromatic heterocycles. The number of piperidine rings is 1. The lowest BCUT2D eigenvalue weighted by Crippen LogP contribution is -2.46. The van der Waals surface area contributed by atoms with Crippen LogP contribution in [-0.4, -0.2) is 40.9 Å². The van der Waals surface area contributed by atoms with Gasteiger partial charge in [0.05, 0.1) is 11.3 Å². The van der Waals surface area contributed by atoms with Gasteiger partial charge in [-0.3, -0.25) is 9.78 Å². The SMILES string of the molecule is CNc1nc(C2(c3ccccc3)CCN(C(=O)c3cncc(C)c3)CC2)cs1. The first-order valence-electron chi connectivity index (χ1n) is 9.52. The minimum absolute atomic E-state index is 0.0621. The lowest BCUT2D eigenvalue weighted by Gasteiger charge is -2.41. The Hall–Kier alpha value is -2.73. The monoisotopic (exact) mass is 392 g/mol.